The van der Waals surface area contributed by atoms with E-state index >= 15 is 0 Å². The summed E-state index contributed by atoms with van der Waals surface area (Å²) in [4.78, 5) is 22.2. The number of carbonyl (C=O) groups is 1. The first-order valence-electron chi connectivity index (χ1n) is 8.68. The summed E-state index contributed by atoms with van der Waals surface area (Å²) in [7, 11) is 0. The number of hydrogen-bond acceptors (Lipinski definition) is 5. The molecule has 0 bridgehead atoms. The molecule has 6 nitrogen and oxygen atoms in total. The van der Waals surface area contributed by atoms with Crippen LogP contribution in [-0.4, -0.2) is 46.7 Å². The molecule has 0 aliphatic carbocycles. The van der Waals surface area contributed by atoms with Gasteiger partial charge in [-0.3, -0.25) is 0 Å². The SMILES string of the molecule is CCOC(=O)N1CCC(Nc2cc(C(CC)CC)ncn2)CC1. The molecule has 2 heterocycles. The van der Waals surface area contributed by atoms with Gasteiger partial charge < -0.3 is 15.0 Å². The number of likely N-dealkylation sites (tertiary alicyclic amines) is 1. The van der Waals surface area contributed by atoms with Crippen molar-refractivity contribution in [3.8, 4) is 0 Å². The number of piperidine rings is 1. The van der Waals surface area contributed by atoms with Gasteiger partial charge in [-0.2, -0.15) is 0 Å². The number of anilines is 1. The summed E-state index contributed by atoms with van der Waals surface area (Å²) in [6, 6.07) is 2.40. The standard InChI is InChI=1S/C17H28N4O2/c1-4-13(5-2)15-11-16(19-12-18-15)20-14-7-9-21(10-8-14)17(22)23-6-3/h11-14H,4-10H2,1-3H3,(H,18,19,20). The lowest BCUT2D eigenvalue weighted by Crippen LogP contribution is -2.42. The first-order valence-corrected chi connectivity index (χ1v) is 8.68. The van der Waals surface area contributed by atoms with E-state index < -0.39 is 0 Å². The van der Waals surface area contributed by atoms with Gasteiger partial charge in [0.1, 0.15) is 12.1 Å². The van der Waals surface area contributed by atoms with E-state index in [0.717, 1.165) is 50.3 Å². The smallest absolute Gasteiger partial charge is 0.409 e. The average molecular weight is 320 g/mol. The summed E-state index contributed by atoms with van der Waals surface area (Å²) < 4.78 is 5.05. The molecule has 0 spiro atoms. The first-order chi connectivity index (χ1) is 11.2. The number of rotatable bonds is 6. The number of hydrogen-bond donors (Lipinski definition) is 1. The van der Waals surface area contributed by atoms with Gasteiger partial charge >= 0.3 is 6.09 Å². The third-order valence-electron chi connectivity index (χ3n) is 4.47. The average Bonchev–Trinajstić information content (AvgIpc) is 2.57. The van der Waals surface area contributed by atoms with Crippen molar-refractivity contribution in [1.82, 2.24) is 14.9 Å². The zero-order chi connectivity index (χ0) is 16.7. The van der Waals surface area contributed by atoms with Gasteiger partial charge in [-0.25, -0.2) is 14.8 Å². The molecule has 2 rings (SSSR count). The second-order valence-corrected chi connectivity index (χ2v) is 5.95. The van der Waals surface area contributed by atoms with E-state index in [2.05, 4.69) is 35.2 Å². The van der Waals surface area contributed by atoms with Crippen molar-refractivity contribution in [3.05, 3.63) is 18.1 Å². The van der Waals surface area contributed by atoms with Gasteiger partial charge in [0.25, 0.3) is 0 Å². The van der Waals surface area contributed by atoms with Crippen LogP contribution in [0.5, 0.6) is 0 Å². The number of aromatic nitrogens is 2. The van der Waals surface area contributed by atoms with Crippen molar-refractivity contribution in [2.45, 2.75) is 58.4 Å². The Morgan fingerprint density at radius 2 is 2.00 bits per heavy atom. The molecule has 0 aromatic carbocycles. The molecule has 0 radical (unpaired) electrons. The Morgan fingerprint density at radius 1 is 1.30 bits per heavy atom. The lowest BCUT2D eigenvalue weighted by Gasteiger charge is -2.31. The van der Waals surface area contributed by atoms with Crippen molar-refractivity contribution in [1.29, 1.82) is 0 Å². The van der Waals surface area contributed by atoms with Crippen LogP contribution in [0.4, 0.5) is 10.6 Å². The quantitative estimate of drug-likeness (QED) is 0.870. The second-order valence-electron chi connectivity index (χ2n) is 5.95. The predicted octanol–water partition coefficient (Wildman–Crippen LogP) is 3.41. The van der Waals surface area contributed by atoms with E-state index in [1.54, 1.807) is 11.2 Å². The summed E-state index contributed by atoms with van der Waals surface area (Å²) in [6.07, 6.45) is 5.43. The monoisotopic (exact) mass is 320 g/mol. The van der Waals surface area contributed by atoms with E-state index in [-0.39, 0.29) is 6.09 Å². The number of carbonyl (C=O) groups excluding carboxylic acids is 1. The zero-order valence-corrected chi connectivity index (χ0v) is 14.4. The Labute approximate surface area is 138 Å². The largest absolute Gasteiger partial charge is 0.450 e. The van der Waals surface area contributed by atoms with Gasteiger partial charge in [-0.15, -0.1) is 0 Å². The zero-order valence-electron chi connectivity index (χ0n) is 14.4. The Bertz CT molecular complexity index is 497. The Kier molecular flexibility index (Phi) is 6.62. The minimum Gasteiger partial charge on any atom is -0.450 e. The Morgan fingerprint density at radius 3 is 2.61 bits per heavy atom. The number of nitrogens with one attached hydrogen (secondary N) is 1. The predicted molar refractivity (Wildman–Crippen MR) is 90.6 cm³/mol. The van der Waals surface area contributed by atoms with Crippen LogP contribution in [0, 0.1) is 0 Å². The molecule has 0 atom stereocenters. The molecule has 23 heavy (non-hydrogen) atoms. The van der Waals surface area contributed by atoms with E-state index in [1.165, 1.54) is 0 Å². The van der Waals surface area contributed by atoms with Crippen molar-refractivity contribution < 1.29 is 9.53 Å². The van der Waals surface area contributed by atoms with Gasteiger partial charge in [0.2, 0.25) is 0 Å². The number of amides is 1. The van der Waals surface area contributed by atoms with E-state index in [4.69, 9.17) is 4.74 Å². The van der Waals surface area contributed by atoms with Crippen molar-refractivity contribution in [2.75, 3.05) is 25.0 Å². The maximum Gasteiger partial charge on any atom is 0.409 e. The fourth-order valence-electron chi connectivity index (χ4n) is 3.01. The molecular weight excluding hydrogens is 292 g/mol. The number of nitrogens with zero attached hydrogens (tertiary/aromatic N) is 3. The van der Waals surface area contributed by atoms with Crippen LogP contribution in [0.25, 0.3) is 0 Å². The molecular formula is C17H28N4O2. The molecule has 0 saturated carbocycles. The molecule has 1 amide bonds. The summed E-state index contributed by atoms with van der Waals surface area (Å²) in [6.45, 7) is 8.08. The molecule has 1 aliphatic rings. The highest BCUT2D eigenvalue weighted by Gasteiger charge is 2.23. The summed E-state index contributed by atoms with van der Waals surface area (Å²) in [5, 5.41) is 3.49. The van der Waals surface area contributed by atoms with Gasteiger partial charge in [-0.05, 0) is 32.6 Å². The highest BCUT2D eigenvalue weighted by Crippen LogP contribution is 2.23. The minimum atomic E-state index is -0.205. The van der Waals surface area contributed by atoms with E-state index in [9.17, 15) is 4.79 Å². The topological polar surface area (TPSA) is 67.3 Å². The highest BCUT2D eigenvalue weighted by atomic mass is 16.6. The van der Waals surface area contributed by atoms with Crippen LogP contribution in [0.15, 0.2) is 12.4 Å². The summed E-state index contributed by atoms with van der Waals surface area (Å²) >= 11 is 0. The fourth-order valence-corrected chi connectivity index (χ4v) is 3.01. The van der Waals surface area contributed by atoms with Gasteiger partial charge in [0.05, 0.1) is 6.61 Å². The summed E-state index contributed by atoms with van der Waals surface area (Å²) in [5.74, 6) is 1.38. The van der Waals surface area contributed by atoms with Crippen LogP contribution in [0.2, 0.25) is 0 Å². The molecule has 1 aromatic heterocycles. The Hall–Kier alpha value is -1.85. The van der Waals surface area contributed by atoms with Gasteiger partial charge in [0.15, 0.2) is 0 Å². The lowest BCUT2D eigenvalue weighted by atomic mass is 9.99. The van der Waals surface area contributed by atoms with Crippen molar-refractivity contribution >= 4 is 11.9 Å². The molecule has 1 aliphatic heterocycles. The third kappa shape index (κ3) is 4.81. The van der Waals surface area contributed by atoms with Gasteiger partial charge in [0, 0.05) is 36.8 Å². The summed E-state index contributed by atoms with van der Waals surface area (Å²) in [5.41, 5.74) is 1.11. The fraction of sp³-hybridized carbons (Fsp3) is 0.706. The molecule has 6 heteroatoms. The third-order valence-corrected chi connectivity index (χ3v) is 4.47. The van der Waals surface area contributed by atoms with Crippen LogP contribution in [0.1, 0.15) is 58.1 Å². The first kappa shape index (κ1) is 17.5. The molecule has 1 N–H and O–H groups in total. The molecule has 1 aromatic rings. The molecule has 1 saturated heterocycles. The minimum absolute atomic E-state index is 0.205. The molecule has 0 unspecified atom stereocenters. The van der Waals surface area contributed by atoms with Crippen molar-refractivity contribution in [3.63, 3.8) is 0 Å². The Balaban J connectivity index is 1.89. The van der Waals surface area contributed by atoms with Crippen LogP contribution < -0.4 is 5.32 Å². The second kappa shape index (κ2) is 8.70. The van der Waals surface area contributed by atoms with E-state index in [1.807, 2.05) is 6.92 Å². The number of ether oxygens (including phenoxy) is 1. The lowest BCUT2D eigenvalue weighted by molar-refractivity contribution is 0.0983. The maximum atomic E-state index is 11.7. The van der Waals surface area contributed by atoms with Gasteiger partial charge in [-0.1, -0.05) is 13.8 Å². The van der Waals surface area contributed by atoms with Crippen LogP contribution in [0.3, 0.4) is 0 Å². The van der Waals surface area contributed by atoms with Crippen molar-refractivity contribution in [2.24, 2.45) is 0 Å². The molecule has 128 valence electrons. The normalized spacial score (nSPS) is 15.7. The highest BCUT2D eigenvalue weighted by molar-refractivity contribution is 5.67. The van der Waals surface area contributed by atoms with Crippen LogP contribution in [-0.2, 0) is 4.74 Å². The maximum absolute atomic E-state index is 11.7. The van der Waals surface area contributed by atoms with Crippen LogP contribution >= 0.6 is 0 Å². The molecule has 1 fully saturated rings. The van der Waals surface area contributed by atoms with E-state index in [0.29, 0.717) is 18.6 Å².